The minimum Gasteiger partial charge on any atom is -0.368 e. The van der Waals surface area contributed by atoms with Crippen LogP contribution in [0.1, 0.15) is 25.7 Å². The molecule has 25 heavy (non-hydrogen) atoms. The van der Waals surface area contributed by atoms with Crippen LogP contribution in [-0.2, 0) is 16.1 Å². The van der Waals surface area contributed by atoms with Gasteiger partial charge in [0.25, 0.3) is 5.56 Å². The molecule has 8 nitrogen and oxygen atoms in total. The molecule has 1 aliphatic heterocycles. The van der Waals surface area contributed by atoms with E-state index in [0.29, 0.717) is 30.3 Å². The van der Waals surface area contributed by atoms with Gasteiger partial charge in [-0.25, -0.2) is 4.79 Å². The summed E-state index contributed by atoms with van der Waals surface area (Å²) in [5.41, 5.74) is 4.94. The lowest BCUT2D eigenvalue weighted by Gasteiger charge is -2.22. The predicted octanol–water partition coefficient (Wildman–Crippen LogP) is -0.0537. The Labute approximate surface area is 143 Å². The number of H-pyrrole nitrogens is 1. The molecule has 1 aliphatic rings. The molecular weight excluding hydrogens is 324 g/mol. The summed E-state index contributed by atoms with van der Waals surface area (Å²) in [6.07, 6.45) is 1.83. The van der Waals surface area contributed by atoms with E-state index in [0.717, 1.165) is 11.0 Å². The third-order valence-corrected chi connectivity index (χ3v) is 4.56. The summed E-state index contributed by atoms with van der Waals surface area (Å²) in [7, 11) is 0. The summed E-state index contributed by atoms with van der Waals surface area (Å²) in [5, 5.41) is 0.432. The van der Waals surface area contributed by atoms with Crippen molar-refractivity contribution >= 4 is 22.7 Å². The Morgan fingerprint density at radius 1 is 1.24 bits per heavy atom. The van der Waals surface area contributed by atoms with Crippen LogP contribution in [0.4, 0.5) is 0 Å². The fourth-order valence-corrected chi connectivity index (χ4v) is 3.30. The maximum Gasteiger partial charge on any atom is 0.328 e. The number of benzene rings is 1. The monoisotopic (exact) mass is 344 g/mol. The molecule has 0 aliphatic carbocycles. The van der Waals surface area contributed by atoms with E-state index in [1.165, 1.54) is 4.90 Å². The average Bonchev–Trinajstić information content (AvgIpc) is 3.08. The van der Waals surface area contributed by atoms with Gasteiger partial charge in [-0.3, -0.25) is 19.0 Å². The van der Waals surface area contributed by atoms with Crippen LogP contribution in [0.5, 0.6) is 0 Å². The largest absolute Gasteiger partial charge is 0.368 e. The molecule has 0 saturated carbocycles. The highest BCUT2D eigenvalue weighted by atomic mass is 16.2. The smallest absolute Gasteiger partial charge is 0.328 e. The lowest BCUT2D eigenvalue weighted by atomic mass is 10.2. The number of likely N-dealkylation sites (tertiary alicyclic amines) is 1. The molecule has 1 atom stereocenters. The molecule has 2 heterocycles. The Kier molecular flexibility index (Phi) is 4.69. The number of nitrogens with one attached hydrogen (secondary N) is 1. The molecule has 1 aromatic carbocycles. The Morgan fingerprint density at radius 2 is 2.00 bits per heavy atom. The first-order valence-corrected chi connectivity index (χ1v) is 8.29. The fraction of sp³-hybridized carbons (Fsp3) is 0.412. The van der Waals surface area contributed by atoms with E-state index in [1.807, 2.05) is 0 Å². The third kappa shape index (κ3) is 3.33. The zero-order valence-corrected chi connectivity index (χ0v) is 13.7. The quantitative estimate of drug-likeness (QED) is 0.790. The third-order valence-electron chi connectivity index (χ3n) is 4.56. The van der Waals surface area contributed by atoms with Gasteiger partial charge in [0.15, 0.2) is 0 Å². The van der Waals surface area contributed by atoms with Crippen LogP contribution < -0.4 is 17.0 Å². The number of carbonyl (C=O) groups is 2. The number of amides is 2. The van der Waals surface area contributed by atoms with E-state index < -0.39 is 17.6 Å². The maximum absolute atomic E-state index is 12.4. The summed E-state index contributed by atoms with van der Waals surface area (Å²) in [6, 6.07) is 6.25. The second kappa shape index (κ2) is 6.92. The Bertz CT molecular complexity index is 930. The first-order valence-electron chi connectivity index (χ1n) is 8.29. The van der Waals surface area contributed by atoms with Gasteiger partial charge in [0.2, 0.25) is 11.8 Å². The van der Waals surface area contributed by atoms with Crippen molar-refractivity contribution in [1.82, 2.24) is 14.5 Å². The number of nitrogens with two attached hydrogens (primary N) is 1. The molecule has 3 N–H and O–H groups in total. The van der Waals surface area contributed by atoms with Gasteiger partial charge in [-0.05, 0) is 31.4 Å². The van der Waals surface area contributed by atoms with Gasteiger partial charge in [-0.2, -0.15) is 0 Å². The van der Waals surface area contributed by atoms with Crippen molar-refractivity contribution in [1.29, 1.82) is 0 Å². The van der Waals surface area contributed by atoms with E-state index in [4.69, 9.17) is 5.73 Å². The molecule has 8 heteroatoms. The van der Waals surface area contributed by atoms with Gasteiger partial charge >= 0.3 is 5.69 Å². The highest BCUT2D eigenvalue weighted by molar-refractivity contribution is 5.87. The molecule has 1 fully saturated rings. The molecular formula is C17H20N4O4. The van der Waals surface area contributed by atoms with Crippen molar-refractivity contribution in [3.63, 3.8) is 0 Å². The number of nitrogens with zero attached hydrogens (tertiary/aromatic N) is 2. The number of hydrogen-bond acceptors (Lipinski definition) is 4. The highest BCUT2D eigenvalue weighted by Crippen LogP contribution is 2.18. The van der Waals surface area contributed by atoms with Gasteiger partial charge in [0.05, 0.1) is 10.9 Å². The van der Waals surface area contributed by atoms with Gasteiger partial charge in [0, 0.05) is 19.5 Å². The first kappa shape index (κ1) is 16.9. The molecule has 1 aromatic heterocycles. The number of fused-ring (bicyclic) bond motifs is 1. The van der Waals surface area contributed by atoms with Crippen molar-refractivity contribution in [3.8, 4) is 0 Å². The normalized spacial score (nSPS) is 17.1. The molecule has 1 unspecified atom stereocenters. The zero-order chi connectivity index (χ0) is 18.0. The summed E-state index contributed by atoms with van der Waals surface area (Å²) < 4.78 is 1.10. The lowest BCUT2D eigenvalue weighted by molar-refractivity contribution is -0.137. The van der Waals surface area contributed by atoms with Gasteiger partial charge in [-0.1, -0.05) is 12.1 Å². The van der Waals surface area contributed by atoms with E-state index in [1.54, 1.807) is 24.3 Å². The molecule has 3 rings (SSSR count). The van der Waals surface area contributed by atoms with Gasteiger partial charge < -0.3 is 15.6 Å². The predicted molar refractivity (Wildman–Crippen MR) is 92.0 cm³/mol. The molecule has 0 spiro atoms. The molecule has 2 aromatic rings. The van der Waals surface area contributed by atoms with Crippen molar-refractivity contribution in [2.45, 2.75) is 38.3 Å². The van der Waals surface area contributed by atoms with Crippen molar-refractivity contribution in [2.75, 3.05) is 6.54 Å². The SMILES string of the molecule is NC(=O)C1CCCN1C(=O)CCCn1c(=O)[nH]c2ccccc2c1=O. The Balaban J connectivity index is 1.69. The van der Waals surface area contributed by atoms with Crippen LogP contribution in [0.2, 0.25) is 0 Å². The van der Waals surface area contributed by atoms with Crippen LogP contribution in [0.3, 0.4) is 0 Å². The van der Waals surface area contributed by atoms with Crippen LogP contribution in [-0.4, -0.2) is 38.9 Å². The summed E-state index contributed by atoms with van der Waals surface area (Å²) in [6.45, 7) is 0.656. The average molecular weight is 344 g/mol. The van der Waals surface area contributed by atoms with Gasteiger partial charge in [0.1, 0.15) is 6.04 Å². The number of aromatic amines is 1. The minimum absolute atomic E-state index is 0.139. The van der Waals surface area contributed by atoms with Crippen LogP contribution in [0, 0.1) is 0 Å². The standard InChI is InChI=1S/C17H20N4O4/c18-15(23)13-7-3-9-20(13)14(22)8-4-10-21-16(24)11-5-1-2-6-12(11)19-17(21)25/h1-2,5-6,13H,3-4,7-10H2,(H2,18,23)(H,19,25). The summed E-state index contributed by atoms with van der Waals surface area (Å²) in [4.78, 5) is 52.3. The summed E-state index contributed by atoms with van der Waals surface area (Å²) >= 11 is 0. The number of carbonyl (C=O) groups excluding carboxylic acids is 2. The van der Waals surface area contributed by atoms with Crippen LogP contribution in [0.25, 0.3) is 10.9 Å². The number of rotatable bonds is 5. The maximum atomic E-state index is 12.4. The number of para-hydroxylation sites is 1. The number of primary amides is 1. The highest BCUT2D eigenvalue weighted by Gasteiger charge is 2.32. The molecule has 0 radical (unpaired) electrons. The molecule has 1 saturated heterocycles. The minimum atomic E-state index is -0.542. The van der Waals surface area contributed by atoms with Gasteiger partial charge in [-0.15, -0.1) is 0 Å². The van der Waals surface area contributed by atoms with Crippen LogP contribution >= 0.6 is 0 Å². The zero-order valence-electron chi connectivity index (χ0n) is 13.7. The van der Waals surface area contributed by atoms with E-state index in [-0.39, 0.29) is 24.4 Å². The van der Waals surface area contributed by atoms with E-state index in [2.05, 4.69) is 4.98 Å². The van der Waals surface area contributed by atoms with Crippen LogP contribution in [0.15, 0.2) is 33.9 Å². The van der Waals surface area contributed by atoms with E-state index >= 15 is 0 Å². The summed E-state index contributed by atoms with van der Waals surface area (Å²) in [5.74, 6) is -0.667. The second-order valence-electron chi connectivity index (χ2n) is 6.18. The molecule has 132 valence electrons. The van der Waals surface area contributed by atoms with Crippen molar-refractivity contribution in [3.05, 3.63) is 45.1 Å². The van der Waals surface area contributed by atoms with E-state index in [9.17, 15) is 19.2 Å². The Hall–Kier alpha value is -2.90. The number of hydrogen-bond donors (Lipinski definition) is 2. The number of aromatic nitrogens is 2. The topological polar surface area (TPSA) is 118 Å². The molecule has 2 amide bonds. The van der Waals surface area contributed by atoms with Crippen molar-refractivity contribution in [2.24, 2.45) is 5.73 Å². The second-order valence-corrected chi connectivity index (χ2v) is 6.18. The Morgan fingerprint density at radius 3 is 2.76 bits per heavy atom. The first-order chi connectivity index (χ1) is 12.0. The lowest BCUT2D eigenvalue weighted by Crippen LogP contribution is -2.43. The van der Waals surface area contributed by atoms with Crippen molar-refractivity contribution < 1.29 is 9.59 Å². The molecule has 0 bridgehead atoms. The fourth-order valence-electron chi connectivity index (χ4n) is 3.30.